The van der Waals surface area contributed by atoms with E-state index in [9.17, 15) is 25.0 Å². The predicted molar refractivity (Wildman–Crippen MR) is 123 cm³/mol. The van der Waals surface area contributed by atoms with Gasteiger partial charge in [-0.3, -0.25) is 19.7 Å². The largest absolute Gasteiger partial charge is 0.353 e. The number of nitrogens with zero attached hydrogens (tertiary/aromatic N) is 2. The van der Waals surface area contributed by atoms with E-state index in [0.29, 0.717) is 38.0 Å². The average molecular weight is 468 g/mol. The van der Waals surface area contributed by atoms with Crippen LogP contribution >= 0.6 is 23.4 Å². The molecular weight excluding hydrogens is 450 g/mol. The number of carbonyl (C=O) groups excluding carboxylic acids is 2. The molecule has 1 heterocycles. The van der Waals surface area contributed by atoms with Gasteiger partial charge in [0.05, 0.1) is 33.3 Å². The molecule has 2 aromatic rings. The van der Waals surface area contributed by atoms with Gasteiger partial charge in [-0.1, -0.05) is 41.6 Å². The highest BCUT2D eigenvalue weighted by Gasteiger charge is 2.34. The van der Waals surface area contributed by atoms with Gasteiger partial charge in [0.1, 0.15) is 0 Å². The normalized spacial score (nSPS) is 15.8. The lowest BCUT2D eigenvalue weighted by molar-refractivity contribution is -0.384. The Morgan fingerprint density at radius 2 is 1.88 bits per heavy atom. The van der Waals surface area contributed by atoms with Gasteiger partial charge in [0.15, 0.2) is 11.6 Å². The molecule has 2 aromatic carbocycles. The van der Waals surface area contributed by atoms with Gasteiger partial charge in [0.25, 0.3) is 5.69 Å². The lowest BCUT2D eigenvalue weighted by Gasteiger charge is -2.29. The molecule has 0 radical (unpaired) electrons. The van der Waals surface area contributed by atoms with Crippen molar-refractivity contribution in [1.29, 1.82) is 5.26 Å². The summed E-state index contributed by atoms with van der Waals surface area (Å²) in [5.41, 5.74) is 2.20. The molecular formula is C23H18ClN3O4S. The van der Waals surface area contributed by atoms with Crippen LogP contribution in [-0.2, 0) is 4.79 Å². The Morgan fingerprint density at radius 1 is 1.22 bits per heavy atom. The van der Waals surface area contributed by atoms with Crippen molar-refractivity contribution in [2.24, 2.45) is 0 Å². The standard InChI is InChI=1S/C23H18ClN3O4S/c1-13-21(14(2)28)22(17-5-3-4-6-19(17)24)18(11-25)23(26-13)32-12-20(29)15-7-9-16(10-8-15)27(30)31/h3-10,22,26H,12H2,1-2H3/t22-/m1/s1. The van der Waals surface area contributed by atoms with E-state index in [4.69, 9.17) is 11.6 Å². The van der Waals surface area contributed by atoms with E-state index in [1.54, 1.807) is 31.2 Å². The zero-order chi connectivity index (χ0) is 23.4. The third kappa shape index (κ3) is 4.74. The average Bonchev–Trinajstić information content (AvgIpc) is 2.77. The number of allylic oxidation sites excluding steroid dienone is 3. The van der Waals surface area contributed by atoms with Gasteiger partial charge in [-0.05, 0) is 37.6 Å². The van der Waals surface area contributed by atoms with Gasteiger partial charge in [-0.2, -0.15) is 5.26 Å². The molecule has 3 rings (SSSR count). The molecule has 0 aliphatic carbocycles. The van der Waals surface area contributed by atoms with Crippen LogP contribution in [0.5, 0.6) is 0 Å². The molecule has 0 spiro atoms. The lowest BCUT2D eigenvalue weighted by atomic mass is 9.81. The van der Waals surface area contributed by atoms with Crippen molar-refractivity contribution in [2.45, 2.75) is 19.8 Å². The van der Waals surface area contributed by atoms with Crippen LogP contribution in [0.25, 0.3) is 0 Å². The summed E-state index contributed by atoms with van der Waals surface area (Å²) < 4.78 is 0. The highest BCUT2D eigenvalue weighted by Crippen LogP contribution is 2.43. The van der Waals surface area contributed by atoms with Crippen LogP contribution in [0.3, 0.4) is 0 Å². The number of non-ortho nitro benzene ring substituents is 1. The Morgan fingerprint density at radius 3 is 2.44 bits per heavy atom. The minimum atomic E-state index is -0.649. The quantitative estimate of drug-likeness (QED) is 0.340. The van der Waals surface area contributed by atoms with Crippen LogP contribution in [0, 0.1) is 21.4 Å². The van der Waals surface area contributed by atoms with Gasteiger partial charge in [0, 0.05) is 34.0 Å². The van der Waals surface area contributed by atoms with Gasteiger partial charge in [-0.25, -0.2) is 0 Å². The Kier molecular flexibility index (Phi) is 7.13. The molecule has 1 N–H and O–H groups in total. The molecule has 7 nitrogen and oxygen atoms in total. The third-order valence-corrected chi connectivity index (χ3v) is 6.35. The third-order valence-electron chi connectivity index (χ3n) is 4.99. The summed E-state index contributed by atoms with van der Waals surface area (Å²) in [4.78, 5) is 35.3. The molecule has 1 aliphatic rings. The topological polar surface area (TPSA) is 113 Å². The van der Waals surface area contributed by atoms with Gasteiger partial charge in [0.2, 0.25) is 0 Å². The number of nitro benzene ring substituents is 1. The minimum Gasteiger partial charge on any atom is -0.353 e. The lowest BCUT2D eigenvalue weighted by Crippen LogP contribution is -2.27. The Balaban J connectivity index is 1.93. The van der Waals surface area contributed by atoms with Crippen molar-refractivity contribution >= 4 is 40.6 Å². The van der Waals surface area contributed by atoms with Crippen molar-refractivity contribution in [3.05, 3.63) is 96.7 Å². The summed E-state index contributed by atoms with van der Waals surface area (Å²) in [6.07, 6.45) is 0. The number of carbonyl (C=O) groups is 2. The Labute approximate surface area is 193 Å². The van der Waals surface area contributed by atoms with Gasteiger partial charge in [-0.15, -0.1) is 0 Å². The fourth-order valence-corrected chi connectivity index (χ4v) is 4.73. The molecule has 0 unspecified atom stereocenters. The summed E-state index contributed by atoms with van der Waals surface area (Å²) in [5.74, 6) is -1.07. The molecule has 0 aromatic heterocycles. The van der Waals surface area contributed by atoms with E-state index < -0.39 is 10.8 Å². The van der Waals surface area contributed by atoms with E-state index >= 15 is 0 Å². The number of ketones is 2. The molecule has 32 heavy (non-hydrogen) atoms. The first-order chi connectivity index (χ1) is 15.2. The van der Waals surface area contributed by atoms with Crippen molar-refractivity contribution in [2.75, 3.05) is 5.75 Å². The monoisotopic (exact) mass is 467 g/mol. The predicted octanol–water partition coefficient (Wildman–Crippen LogP) is 5.15. The first-order valence-electron chi connectivity index (χ1n) is 9.52. The van der Waals surface area contributed by atoms with E-state index in [1.807, 2.05) is 0 Å². The van der Waals surface area contributed by atoms with Gasteiger partial charge < -0.3 is 5.32 Å². The molecule has 1 aliphatic heterocycles. The second-order valence-electron chi connectivity index (χ2n) is 7.04. The van der Waals surface area contributed by atoms with Crippen LogP contribution in [0.1, 0.15) is 35.7 Å². The van der Waals surface area contributed by atoms with Crippen LogP contribution in [0.15, 0.2) is 70.4 Å². The van der Waals surface area contributed by atoms with Crippen molar-refractivity contribution < 1.29 is 14.5 Å². The number of halogens is 1. The summed E-state index contributed by atoms with van der Waals surface area (Å²) in [7, 11) is 0. The van der Waals surface area contributed by atoms with E-state index in [2.05, 4.69) is 11.4 Å². The smallest absolute Gasteiger partial charge is 0.269 e. The summed E-state index contributed by atoms with van der Waals surface area (Å²) in [5, 5.41) is 24.7. The molecule has 162 valence electrons. The number of Topliss-reactive ketones (excluding diaryl/α,β-unsaturated/α-hetero) is 2. The zero-order valence-corrected chi connectivity index (χ0v) is 18.8. The molecule has 0 fully saturated rings. The zero-order valence-electron chi connectivity index (χ0n) is 17.2. The Bertz CT molecular complexity index is 1210. The highest BCUT2D eigenvalue weighted by atomic mass is 35.5. The van der Waals surface area contributed by atoms with Crippen molar-refractivity contribution in [3.8, 4) is 6.07 Å². The van der Waals surface area contributed by atoms with E-state index in [-0.39, 0.29) is 23.0 Å². The maximum Gasteiger partial charge on any atom is 0.269 e. The van der Waals surface area contributed by atoms with Crippen LogP contribution in [0.4, 0.5) is 5.69 Å². The molecule has 1 atom stereocenters. The van der Waals surface area contributed by atoms with Gasteiger partial charge >= 0.3 is 0 Å². The second-order valence-corrected chi connectivity index (χ2v) is 8.44. The highest BCUT2D eigenvalue weighted by molar-refractivity contribution is 8.03. The number of thioether (sulfide) groups is 1. The number of nitriles is 1. The number of nitro groups is 1. The number of hydrogen-bond donors (Lipinski definition) is 1. The number of nitrogens with one attached hydrogen (secondary N) is 1. The second kappa shape index (κ2) is 9.81. The number of benzene rings is 2. The van der Waals surface area contributed by atoms with Crippen molar-refractivity contribution in [3.63, 3.8) is 0 Å². The van der Waals surface area contributed by atoms with E-state index in [0.717, 1.165) is 11.8 Å². The molecule has 0 saturated carbocycles. The fourth-order valence-electron chi connectivity index (χ4n) is 3.50. The molecule has 0 amide bonds. The van der Waals surface area contributed by atoms with E-state index in [1.165, 1.54) is 31.2 Å². The number of hydrogen-bond acceptors (Lipinski definition) is 7. The summed E-state index contributed by atoms with van der Waals surface area (Å²) in [6.45, 7) is 3.18. The molecule has 0 saturated heterocycles. The SMILES string of the molecule is CC(=O)C1=C(C)NC(SCC(=O)c2ccc([N+](=O)[O-])cc2)=C(C#N)[C@H]1c1ccccc1Cl. The van der Waals surface area contributed by atoms with Crippen LogP contribution in [0.2, 0.25) is 5.02 Å². The maximum atomic E-state index is 12.6. The molecule has 9 heteroatoms. The Hall–Kier alpha value is -3.41. The van der Waals surface area contributed by atoms with Crippen LogP contribution < -0.4 is 5.32 Å². The first kappa shape index (κ1) is 23.3. The maximum absolute atomic E-state index is 12.6. The van der Waals surface area contributed by atoms with Crippen molar-refractivity contribution in [1.82, 2.24) is 5.32 Å². The summed E-state index contributed by atoms with van der Waals surface area (Å²) >= 11 is 7.53. The number of dihydropyridines is 1. The summed E-state index contributed by atoms with van der Waals surface area (Å²) in [6, 6.07) is 14.6. The first-order valence-corrected chi connectivity index (χ1v) is 10.9. The number of rotatable bonds is 7. The molecule has 0 bridgehead atoms. The van der Waals surface area contributed by atoms with Crippen LogP contribution in [-0.4, -0.2) is 22.2 Å². The fraction of sp³-hybridized carbons (Fsp3) is 0.174. The minimum absolute atomic E-state index is 0.00323.